The molecule has 0 saturated heterocycles. The summed E-state index contributed by atoms with van der Waals surface area (Å²) in [5.41, 5.74) is 4.47. The fourth-order valence-electron chi connectivity index (χ4n) is 4.56. The standard InChI is InChI=1S/C28H28N4O4/c1-18-24(17-30-28-29-15-14-25(31-28)19-6-3-2-4-7-19)26(36-32-18)20-10-12-22(13-11-20)35-23-9-5-8-21(16-23)27(33)34/h2-4,6-7,10-15,21,23H,5,8-9,16-17H2,1H3,(H,33,34)(H,29,30,31)/t21-,23-/m1/s1. The number of carboxylic acids is 1. The number of carboxylic acid groups (broad SMARTS) is 1. The van der Waals surface area contributed by atoms with E-state index in [-0.39, 0.29) is 12.0 Å². The van der Waals surface area contributed by atoms with Crippen LogP contribution in [0.1, 0.15) is 36.9 Å². The van der Waals surface area contributed by atoms with Gasteiger partial charge < -0.3 is 19.7 Å². The van der Waals surface area contributed by atoms with Gasteiger partial charge in [-0.15, -0.1) is 0 Å². The van der Waals surface area contributed by atoms with Crippen LogP contribution in [0.5, 0.6) is 5.75 Å². The minimum absolute atomic E-state index is 0.0790. The second kappa shape index (κ2) is 10.6. The summed E-state index contributed by atoms with van der Waals surface area (Å²) in [5.74, 6) is 0.857. The lowest BCUT2D eigenvalue weighted by atomic mass is 9.87. The fraction of sp³-hybridized carbons (Fsp3) is 0.286. The molecule has 2 aromatic heterocycles. The molecule has 1 saturated carbocycles. The summed E-state index contributed by atoms with van der Waals surface area (Å²) in [4.78, 5) is 20.3. The van der Waals surface area contributed by atoms with E-state index in [1.807, 2.05) is 67.6 Å². The molecule has 2 heterocycles. The molecule has 1 aliphatic carbocycles. The second-order valence-electron chi connectivity index (χ2n) is 9.03. The molecular formula is C28H28N4O4. The van der Waals surface area contributed by atoms with Crippen LogP contribution in [0.15, 0.2) is 71.4 Å². The van der Waals surface area contributed by atoms with Crippen LogP contribution in [0.2, 0.25) is 0 Å². The van der Waals surface area contributed by atoms with Crippen molar-refractivity contribution in [3.05, 3.63) is 78.1 Å². The van der Waals surface area contributed by atoms with Gasteiger partial charge in [-0.25, -0.2) is 9.97 Å². The SMILES string of the molecule is Cc1noc(-c2ccc(O[C@@H]3CCC[C@@H](C(=O)O)C3)cc2)c1CNc1nccc(-c2ccccc2)n1. The average Bonchev–Trinajstić information content (AvgIpc) is 3.29. The third kappa shape index (κ3) is 5.38. The highest BCUT2D eigenvalue weighted by Gasteiger charge is 2.28. The van der Waals surface area contributed by atoms with Crippen molar-refractivity contribution in [1.82, 2.24) is 15.1 Å². The summed E-state index contributed by atoms with van der Waals surface area (Å²) in [6, 6.07) is 19.5. The van der Waals surface area contributed by atoms with E-state index in [4.69, 9.17) is 9.26 Å². The molecule has 0 unspecified atom stereocenters. The molecule has 1 aliphatic rings. The number of hydrogen-bond donors (Lipinski definition) is 2. The van der Waals surface area contributed by atoms with E-state index in [1.54, 1.807) is 6.20 Å². The predicted octanol–water partition coefficient (Wildman–Crippen LogP) is 5.74. The number of benzene rings is 2. The Balaban J connectivity index is 1.26. The minimum Gasteiger partial charge on any atom is -0.490 e. The van der Waals surface area contributed by atoms with Gasteiger partial charge in [0, 0.05) is 29.4 Å². The van der Waals surface area contributed by atoms with Crippen molar-refractivity contribution in [1.29, 1.82) is 0 Å². The molecule has 5 rings (SSSR count). The Bertz CT molecular complexity index is 1320. The molecule has 0 bridgehead atoms. The van der Waals surface area contributed by atoms with Crippen LogP contribution in [-0.2, 0) is 11.3 Å². The van der Waals surface area contributed by atoms with Gasteiger partial charge in [-0.2, -0.15) is 0 Å². The molecule has 36 heavy (non-hydrogen) atoms. The Hall–Kier alpha value is -4.20. The third-order valence-corrected chi connectivity index (χ3v) is 6.53. The van der Waals surface area contributed by atoms with Crippen molar-refractivity contribution in [2.45, 2.75) is 45.3 Å². The predicted molar refractivity (Wildman–Crippen MR) is 135 cm³/mol. The van der Waals surface area contributed by atoms with Gasteiger partial charge in [0.1, 0.15) is 5.75 Å². The molecule has 0 aliphatic heterocycles. The van der Waals surface area contributed by atoms with Crippen molar-refractivity contribution >= 4 is 11.9 Å². The zero-order valence-corrected chi connectivity index (χ0v) is 20.1. The van der Waals surface area contributed by atoms with Gasteiger partial charge in [0.2, 0.25) is 5.95 Å². The van der Waals surface area contributed by atoms with E-state index in [1.165, 1.54) is 0 Å². The van der Waals surface area contributed by atoms with Crippen LogP contribution in [0.3, 0.4) is 0 Å². The number of rotatable bonds is 8. The van der Waals surface area contributed by atoms with Gasteiger partial charge in [0.25, 0.3) is 0 Å². The van der Waals surface area contributed by atoms with Crippen LogP contribution in [0, 0.1) is 12.8 Å². The van der Waals surface area contributed by atoms with E-state index in [0.29, 0.717) is 24.7 Å². The molecule has 8 heteroatoms. The van der Waals surface area contributed by atoms with Crippen molar-refractivity contribution < 1.29 is 19.2 Å². The number of aromatic nitrogens is 3. The van der Waals surface area contributed by atoms with Gasteiger partial charge in [-0.1, -0.05) is 35.5 Å². The first kappa shape index (κ1) is 23.5. The number of ether oxygens (including phenoxy) is 1. The number of anilines is 1. The molecule has 0 spiro atoms. The molecule has 2 atom stereocenters. The highest BCUT2D eigenvalue weighted by molar-refractivity contribution is 5.70. The van der Waals surface area contributed by atoms with E-state index < -0.39 is 5.97 Å². The molecule has 1 fully saturated rings. The summed E-state index contributed by atoms with van der Waals surface area (Å²) < 4.78 is 11.7. The van der Waals surface area contributed by atoms with Crippen LogP contribution >= 0.6 is 0 Å². The maximum atomic E-state index is 11.3. The summed E-state index contributed by atoms with van der Waals surface area (Å²) in [7, 11) is 0. The number of carbonyl (C=O) groups is 1. The number of nitrogens with zero attached hydrogens (tertiary/aromatic N) is 3. The summed E-state index contributed by atoms with van der Waals surface area (Å²) in [6.07, 6.45) is 4.66. The van der Waals surface area contributed by atoms with Gasteiger partial charge >= 0.3 is 5.97 Å². The van der Waals surface area contributed by atoms with E-state index in [2.05, 4.69) is 20.4 Å². The zero-order chi connectivity index (χ0) is 24.9. The highest BCUT2D eigenvalue weighted by atomic mass is 16.5. The third-order valence-electron chi connectivity index (χ3n) is 6.53. The largest absolute Gasteiger partial charge is 0.490 e. The average molecular weight is 485 g/mol. The van der Waals surface area contributed by atoms with E-state index >= 15 is 0 Å². The van der Waals surface area contributed by atoms with Gasteiger partial charge in [0.05, 0.1) is 23.4 Å². The Morgan fingerprint density at radius 1 is 1.08 bits per heavy atom. The van der Waals surface area contributed by atoms with Crippen molar-refractivity contribution in [3.63, 3.8) is 0 Å². The van der Waals surface area contributed by atoms with E-state index in [0.717, 1.165) is 53.1 Å². The van der Waals surface area contributed by atoms with Crippen molar-refractivity contribution in [2.24, 2.45) is 5.92 Å². The molecular weight excluding hydrogens is 456 g/mol. The number of aryl methyl sites for hydroxylation is 1. The second-order valence-corrected chi connectivity index (χ2v) is 9.03. The Kier molecular flexibility index (Phi) is 6.93. The Morgan fingerprint density at radius 2 is 1.89 bits per heavy atom. The van der Waals surface area contributed by atoms with Gasteiger partial charge in [-0.3, -0.25) is 4.79 Å². The molecule has 2 aromatic carbocycles. The lowest BCUT2D eigenvalue weighted by Crippen LogP contribution is -2.29. The Morgan fingerprint density at radius 3 is 2.67 bits per heavy atom. The van der Waals surface area contributed by atoms with Crippen molar-refractivity contribution in [3.8, 4) is 28.3 Å². The van der Waals surface area contributed by atoms with Crippen molar-refractivity contribution in [2.75, 3.05) is 5.32 Å². The first-order valence-electron chi connectivity index (χ1n) is 12.1. The van der Waals surface area contributed by atoms with Crippen LogP contribution in [0.25, 0.3) is 22.6 Å². The summed E-state index contributed by atoms with van der Waals surface area (Å²) >= 11 is 0. The topological polar surface area (TPSA) is 110 Å². The van der Waals surface area contributed by atoms with Crippen LogP contribution in [-0.4, -0.2) is 32.3 Å². The molecule has 4 aromatic rings. The fourth-order valence-corrected chi connectivity index (χ4v) is 4.56. The van der Waals surface area contributed by atoms with E-state index in [9.17, 15) is 9.90 Å². The zero-order valence-electron chi connectivity index (χ0n) is 20.1. The molecule has 184 valence electrons. The quantitative estimate of drug-likeness (QED) is 0.326. The number of nitrogens with one attached hydrogen (secondary N) is 1. The molecule has 0 amide bonds. The summed E-state index contributed by atoms with van der Waals surface area (Å²) in [5, 5.41) is 16.8. The molecule has 2 N–H and O–H groups in total. The summed E-state index contributed by atoms with van der Waals surface area (Å²) in [6.45, 7) is 2.37. The molecule has 0 radical (unpaired) electrons. The lowest BCUT2D eigenvalue weighted by Gasteiger charge is -2.27. The van der Waals surface area contributed by atoms with Crippen LogP contribution < -0.4 is 10.1 Å². The first-order valence-corrected chi connectivity index (χ1v) is 12.1. The van der Waals surface area contributed by atoms with Gasteiger partial charge in [0.15, 0.2) is 5.76 Å². The van der Waals surface area contributed by atoms with Gasteiger partial charge in [-0.05, 0) is 62.9 Å². The number of aliphatic carboxylic acids is 1. The lowest BCUT2D eigenvalue weighted by molar-refractivity contribution is -0.143. The van der Waals surface area contributed by atoms with Crippen LogP contribution in [0.4, 0.5) is 5.95 Å². The maximum Gasteiger partial charge on any atom is 0.306 e. The highest BCUT2D eigenvalue weighted by Crippen LogP contribution is 2.31. The maximum absolute atomic E-state index is 11.3. The smallest absolute Gasteiger partial charge is 0.306 e. The molecule has 8 nitrogen and oxygen atoms in total. The monoisotopic (exact) mass is 484 g/mol. The normalized spacial score (nSPS) is 17.5. The number of hydrogen-bond acceptors (Lipinski definition) is 7. The Labute approximate surface area is 209 Å². The first-order chi connectivity index (χ1) is 17.6. The minimum atomic E-state index is -0.738.